The molecular formula is C31H43Cl2PTi. The smallest absolute Gasteiger partial charge is 1.00 e. The zero-order chi connectivity index (χ0) is 23.2. The van der Waals surface area contributed by atoms with Gasteiger partial charge in [0.05, 0.1) is 0 Å². The summed E-state index contributed by atoms with van der Waals surface area (Å²) in [6, 6.07) is 9.51. The zero-order valence-corrected chi connectivity index (χ0v) is 26.4. The van der Waals surface area contributed by atoms with Gasteiger partial charge in [0.2, 0.25) is 0 Å². The Morgan fingerprint density at radius 1 is 0.771 bits per heavy atom. The molecule has 0 N–H and O–H groups in total. The fraction of sp³-hybridized carbons (Fsp3) is 0.613. The van der Waals surface area contributed by atoms with Crippen molar-refractivity contribution >= 4 is 14.0 Å². The van der Waals surface area contributed by atoms with Crippen LogP contribution in [0.2, 0.25) is 0 Å². The summed E-state index contributed by atoms with van der Waals surface area (Å²) in [6.07, 6.45) is 17.7. The van der Waals surface area contributed by atoms with E-state index in [0.717, 1.165) is 15.5 Å². The van der Waals surface area contributed by atoms with Crippen LogP contribution < -0.4 is 24.8 Å². The van der Waals surface area contributed by atoms with Crippen molar-refractivity contribution in [3.05, 3.63) is 61.3 Å². The SMILES string of the molecule is CC1=C(C)C(C)(C)[C]([Ti+2][CH]2C(P(C3CCCCC3)C3CCCCC3)=Cc3ccccc32)=C1C.[Cl-].[Cl-]. The third kappa shape index (κ3) is 5.64. The van der Waals surface area contributed by atoms with Crippen molar-refractivity contribution in [3.63, 3.8) is 0 Å². The van der Waals surface area contributed by atoms with Crippen LogP contribution in [0.1, 0.15) is 114 Å². The van der Waals surface area contributed by atoms with E-state index in [2.05, 4.69) is 65.0 Å². The molecule has 0 spiro atoms. The van der Waals surface area contributed by atoms with Crippen LogP contribution in [-0.2, 0) is 19.2 Å². The second kappa shape index (κ2) is 12.3. The standard InChI is InChI=1S/C21H28P.C10H15.2ClH.Ti/c1-3-11-19(12-4-1)22(20-13-5-2-6-14-20)21-15-17-9-7-8-10-18(17)16-21;1-7-6-10(4,5)9(3)8(7)2;;;/h7-10,15-16,19-20H,1-6,11-14H2;1-5H3;2*1H;/q;;;;+2/p-2. The maximum Gasteiger partial charge on any atom is -1.00 e. The first-order chi connectivity index (χ1) is 15.9. The monoisotopic (exact) mass is 564 g/mol. The summed E-state index contributed by atoms with van der Waals surface area (Å²) in [5.74, 6) is 0. The molecule has 0 heterocycles. The van der Waals surface area contributed by atoms with Gasteiger partial charge in [0.15, 0.2) is 0 Å². The van der Waals surface area contributed by atoms with Crippen LogP contribution in [0.5, 0.6) is 0 Å². The third-order valence-corrected chi connectivity index (χ3v) is 16.9. The molecule has 4 aliphatic rings. The molecule has 0 aliphatic heterocycles. The van der Waals surface area contributed by atoms with E-state index in [0.29, 0.717) is 0 Å². The second-order valence-corrected chi connectivity index (χ2v) is 16.6. The number of hydrogen-bond acceptors (Lipinski definition) is 0. The molecule has 0 bridgehead atoms. The van der Waals surface area contributed by atoms with Gasteiger partial charge in [-0.2, -0.15) is 0 Å². The summed E-state index contributed by atoms with van der Waals surface area (Å²) in [5, 5.41) is 1.95. The third-order valence-electron chi connectivity index (χ3n) is 9.49. The Kier molecular flexibility index (Phi) is 10.5. The molecule has 1 unspecified atom stereocenters. The average molecular weight is 565 g/mol. The Morgan fingerprint density at radius 2 is 1.31 bits per heavy atom. The number of benzene rings is 1. The van der Waals surface area contributed by atoms with E-state index in [1.807, 2.05) is 9.19 Å². The van der Waals surface area contributed by atoms with Gasteiger partial charge in [0.25, 0.3) is 0 Å². The molecule has 1 aromatic rings. The summed E-state index contributed by atoms with van der Waals surface area (Å²) in [5.41, 5.74) is 10.4. The normalized spacial score (nSPS) is 24.6. The first-order valence-corrected chi connectivity index (χ1v) is 16.8. The van der Waals surface area contributed by atoms with Crippen molar-refractivity contribution in [2.75, 3.05) is 0 Å². The molecule has 0 amide bonds. The van der Waals surface area contributed by atoms with Gasteiger partial charge in [-0.3, -0.25) is 0 Å². The molecular weight excluding hydrogens is 522 g/mol. The Balaban J connectivity index is 0.00000171. The van der Waals surface area contributed by atoms with Crippen LogP contribution in [0.25, 0.3) is 6.08 Å². The minimum absolute atomic E-state index is 0. The van der Waals surface area contributed by atoms with Gasteiger partial charge >= 0.3 is 214 Å². The number of allylic oxidation sites excluding steroid dienone is 5. The molecule has 35 heavy (non-hydrogen) atoms. The molecule has 1 aromatic carbocycles. The van der Waals surface area contributed by atoms with Crippen LogP contribution in [0.3, 0.4) is 0 Å². The first kappa shape index (κ1) is 29.7. The number of hydrogen-bond donors (Lipinski definition) is 0. The maximum absolute atomic E-state index is 2.74. The van der Waals surface area contributed by atoms with Crippen molar-refractivity contribution < 1.29 is 44.0 Å². The zero-order valence-electron chi connectivity index (χ0n) is 22.4. The van der Waals surface area contributed by atoms with Gasteiger partial charge in [-0.15, -0.1) is 0 Å². The second-order valence-electron chi connectivity index (χ2n) is 11.6. The minimum Gasteiger partial charge on any atom is -1.00 e. The van der Waals surface area contributed by atoms with Crippen LogP contribution in [0.15, 0.2) is 50.2 Å². The quantitative estimate of drug-likeness (QED) is 0.375. The molecule has 2 saturated carbocycles. The average Bonchev–Trinajstić information content (AvgIpc) is 3.26. The minimum atomic E-state index is -0.269. The molecule has 4 aliphatic carbocycles. The number of halogens is 2. The summed E-state index contributed by atoms with van der Waals surface area (Å²) in [6.45, 7) is 12.2. The molecule has 4 heteroatoms. The number of fused-ring (bicyclic) bond motifs is 1. The van der Waals surface area contributed by atoms with Crippen LogP contribution in [-0.4, -0.2) is 11.3 Å². The molecule has 190 valence electrons. The molecule has 0 nitrogen and oxygen atoms in total. The van der Waals surface area contributed by atoms with E-state index < -0.39 is 0 Å². The van der Waals surface area contributed by atoms with E-state index in [1.54, 1.807) is 27.8 Å². The summed E-state index contributed by atoms with van der Waals surface area (Å²) < 4.78 is 2.58. The van der Waals surface area contributed by atoms with Crippen molar-refractivity contribution in [3.8, 4) is 0 Å². The predicted octanol–water partition coefficient (Wildman–Crippen LogP) is 3.97. The van der Waals surface area contributed by atoms with Crippen molar-refractivity contribution in [1.82, 2.24) is 0 Å². The summed E-state index contributed by atoms with van der Waals surface area (Å²) >= 11 is -0.269. The Bertz CT molecular complexity index is 975. The van der Waals surface area contributed by atoms with Crippen molar-refractivity contribution in [2.24, 2.45) is 5.41 Å². The summed E-state index contributed by atoms with van der Waals surface area (Å²) in [4.78, 5) is 0. The van der Waals surface area contributed by atoms with Crippen molar-refractivity contribution in [1.29, 1.82) is 0 Å². The van der Waals surface area contributed by atoms with Crippen LogP contribution in [0.4, 0.5) is 0 Å². The topological polar surface area (TPSA) is 0 Å². The molecule has 1 atom stereocenters. The van der Waals surface area contributed by atoms with E-state index in [1.165, 1.54) is 64.2 Å². The van der Waals surface area contributed by atoms with E-state index in [4.69, 9.17) is 0 Å². The molecule has 0 radical (unpaired) electrons. The van der Waals surface area contributed by atoms with E-state index in [9.17, 15) is 0 Å². The van der Waals surface area contributed by atoms with Crippen LogP contribution in [0, 0.1) is 5.41 Å². The summed E-state index contributed by atoms with van der Waals surface area (Å²) in [7, 11) is -0.0151. The fourth-order valence-corrected chi connectivity index (χ4v) is 15.1. The largest absolute Gasteiger partial charge is 1.00 e. The maximum atomic E-state index is 2.74. The van der Waals surface area contributed by atoms with Gasteiger partial charge in [-0.1, -0.05) is 0 Å². The molecule has 2 fully saturated rings. The van der Waals surface area contributed by atoms with Gasteiger partial charge in [0, 0.05) is 0 Å². The van der Waals surface area contributed by atoms with E-state index in [-0.39, 0.29) is 57.3 Å². The Morgan fingerprint density at radius 3 is 1.83 bits per heavy atom. The Labute approximate surface area is 237 Å². The van der Waals surface area contributed by atoms with Crippen molar-refractivity contribution in [2.45, 2.75) is 114 Å². The fourth-order valence-electron chi connectivity index (χ4n) is 7.15. The van der Waals surface area contributed by atoms with Gasteiger partial charge in [-0.25, -0.2) is 0 Å². The van der Waals surface area contributed by atoms with Gasteiger partial charge in [0.1, 0.15) is 0 Å². The van der Waals surface area contributed by atoms with Gasteiger partial charge in [-0.05, 0) is 0 Å². The predicted molar refractivity (Wildman–Crippen MR) is 143 cm³/mol. The first-order valence-electron chi connectivity index (χ1n) is 13.6. The molecule has 0 saturated heterocycles. The Hall–Kier alpha value is 0.164. The van der Waals surface area contributed by atoms with Gasteiger partial charge < -0.3 is 24.8 Å². The molecule has 0 aromatic heterocycles. The van der Waals surface area contributed by atoms with E-state index >= 15 is 0 Å². The van der Waals surface area contributed by atoms with Crippen LogP contribution >= 0.6 is 7.92 Å². The number of rotatable bonds is 5. The molecule has 5 rings (SSSR count).